The number of para-hydroxylation sites is 1. The predicted molar refractivity (Wildman–Crippen MR) is 56.2 cm³/mol. The minimum absolute atomic E-state index is 0.420. The monoisotopic (exact) mass is 189 g/mol. The van der Waals surface area contributed by atoms with Gasteiger partial charge >= 0.3 is 0 Å². The van der Waals surface area contributed by atoms with E-state index in [1.807, 2.05) is 11.3 Å². The number of hydrogen-bond acceptors (Lipinski definition) is 2. The average molecular weight is 189 g/mol. The van der Waals surface area contributed by atoms with Crippen LogP contribution in [-0.2, 0) is 5.41 Å². The van der Waals surface area contributed by atoms with E-state index >= 15 is 0 Å². The van der Waals surface area contributed by atoms with Crippen LogP contribution in [0, 0.1) is 0 Å². The molecule has 0 unspecified atom stereocenters. The zero-order chi connectivity index (χ0) is 8.89. The van der Waals surface area contributed by atoms with Gasteiger partial charge in [0.2, 0.25) is 0 Å². The predicted octanol–water partition coefficient (Wildman–Crippen LogP) is 3.35. The molecule has 0 radical (unpaired) electrons. The molecule has 1 aliphatic rings. The van der Waals surface area contributed by atoms with Gasteiger partial charge in [-0.05, 0) is 25.0 Å². The fourth-order valence-corrected chi connectivity index (χ4v) is 2.70. The summed E-state index contributed by atoms with van der Waals surface area (Å²) < 4.78 is 1.32. The summed E-state index contributed by atoms with van der Waals surface area (Å²) in [5.41, 5.74) is 1.58. The molecule has 13 heavy (non-hydrogen) atoms. The maximum atomic E-state index is 4.66. The molecule has 1 fully saturated rings. The van der Waals surface area contributed by atoms with Crippen LogP contribution in [-0.4, -0.2) is 4.98 Å². The highest BCUT2D eigenvalue weighted by molar-refractivity contribution is 7.18. The zero-order valence-corrected chi connectivity index (χ0v) is 8.40. The molecule has 1 aromatic carbocycles. The molecule has 1 aliphatic carbocycles. The van der Waals surface area contributed by atoms with Crippen LogP contribution >= 0.6 is 11.3 Å². The van der Waals surface area contributed by atoms with Crippen molar-refractivity contribution in [2.45, 2.75) is 25.2 Å². The molecule has 0 saturated heterocycles. The van der Waals surface area contributed by atoms with Crippen molar-refractivity contribution in [3.8, 4) is 0 Å². The molecule has 1 heterocycles. The summed E-state index contributed by atoms with van der Waals surface area (Å²) in [5, 5.41) is 1.33. The Morgan fingerprint density at radius 1 is 1.31 bits per heavy atom. The van der Waals surface area contributed by atoms with Gasteiger partial charge in [-0.3, -0.25) is 0 Å². The van der Waals surface area contributed by atoms with Crippen LogP contribution in [0.15, 0.2) is 24.3 Å². The summed E-state index contributed by atoms with van der Waals surface area (Å²) >= 11 is 1.86. The molecule has 3 rings (SSSR count). The minimum atomic E-state index is 0.420. The molecule has 0 aliphatic heterocycles. The number of aromatic nitrogens is 1. The van der Waals surface area contributed by atoms with Crippen LogP contribution in [0.25, 0.3) is 10.2 Å². The lowest BCUT2D eigenvalue weighted by molar-refractivity contribution is 0.780. The highest BCUT2D eigenvalue weighted by Crippen LogP contribution is 2.49. The first-order chi connectivity index (χ1) is 6.28. The SMILES string of the molecule is CC1(c2nc3ccccc3s2)CC1. The number of hydrogen-bond donors (Lipinski definition) is 0. The van der Waals surface area contributed by atoms with Gasteiger partial charge in [-0.2, -0.15) is 0 Å². The number of nitrogens with zero attached hydrogens (tertiary/aromatic N) is 1. The molecule has 66 valence electrons. The Kier molecular flexibility index (Phi) is 1.34. The van der Waals surface area contributed by atoms with Crippen LogP contribution in [0.5, 0.6) is 0 Å². The number of thiazole rings is 1. The van der Waals surface area contributed by atoms with E-state index in [9.17, 15) is 0 Å². The summed E-state index contributed by atoms with van der Waals surface area (Å²) in [4.78, 5) is 4.66. The Morgan fingerprint density at radius 2 is 2.08 bits per heavy atom. The highest BCUT2D eigenvalue weighted by atomic mass is 32.1. The van der Waals surface area contributed by atoms with Crippen molar-refractivity contribution in [2.75, 3.05) is 0 Å². The Labute approximate surface area is 81.4 Å². The summed E-state index contributed by atoms with van der Waals surface area (Å²) in [6.45, 7) is 2.31. The molecule has 2 heteroatoms. The third-order valence-corrected chi connectivity index (χ3v) is 4.15. The fourth-order valence-electron chi connectivity index (χ4n) is 1.53. The van der Waals surface area contributed by atoms with Crippen molar-refractivity contribution in [3.63, 3.8) is 0 Å². The third-order valence-electron chi connectivity index (χ3n) is 2.81. The lowest BCUT2D eigenvalue weighted by Crippen LogP contribution is -1.97. The molecular weight excluding hydrogens is 178 g/mol. The second-order valence-corrected chi connectivity index (χ2v) is 5.08. The van der Waals surface area contributed by atoms with E-state index in [1.54, 1.807) is 0 Å². The minimum Gasteiger partial charge on any atom is -0.241 e. The van der Waals surface area contributed by atoms with E-state index < -0.39 is 0 Å². The van der Waals surface area contributed by atoms with Gasteiger partial charge in [-0.25, -0.2) is 4.98 Å². The first-order valence-corrected chi connectivity index (χ1v) is 5.46. The lowest BCUT2D eigenvalue weighted by atomic mass is 10.2. The van der Waals surface area contributed by atoms with Gasteiger partial charge in [0, 0.05) is 5.41 Å². The van der Waals surface area contributed by atoms with Crippen molar-refractivity contribution in [2.24, 2.45) is 0 Å². The first-order valence-electron chi connectivity index (χ1n) is 4.64. The lowest BCUT2D eigenvalue weighted by Gasteiger charge is -1.99. The topological polar surface area (TPSA) is 12.9 Å². The van der Waals surface area contributed by atoms with E-state index in [-0.39, 0.29) is 0 Å². The number of benzene rings is 1. The van der Waals surface area contributed by atoms with Gasteiger partial charge in [0.05, 0.1) is 15.2 Å². The summed E-state index contributed by atoms with van der Waals surface area (Å²) in [6.07, 6.45) is 2.62. The van der Waals surface area contributed by atoms with Crippen LogP contribution in [0.4, 0.5) is 0 Å². The van der Waals surface area contributed by atoms with Crippen LogP contribution < -0.4 is 0 Å². The van der Waals surface area contributed by atoms with E-state index in [4.69, 9.17) is 0 Å². The molecule has 0 spiro atoms. The Hall–Kier alpha value is -0.890. The summed E-state index contributed by atoms with van der Waals surface area (Å²) in [7, 11) is 0. The molecule has 1 aromatic heterocycles. The van der Waals surface area contributed by atoms with Crippen LogP contribution in [0.2, 0.25) is 0 Å². The first kappa shape index (κ1) is 7.51. The third kappa shape index (κ3) is 1.09. The quantitative estimate of drug-likeness (QED) is 0.670. The highest BCUT2D eigenvalue weighted by Gasteiger charge is 2.41. The van der Waals surface area contributed by atoms with E-state index in [0.717, 1.165) is 5.52 Å². The van der Waals surface area contributed by atoms with Crippen molar-refractivity contribution in [1.82, 2.24) is 4.98 Å². The Bertz CT molecular complexity index is 421. The van der Waals surface area contributed by atoms with Gasteiger partial charge in [0.15, 0.2) is 0 Å². The average Bonchev–Trinajstić information content (AvgIpc) is 2.76. The Morgan fingerprint density at radius 3 is 2.77 bits per heavy atom. The van der Waals surface area contributed by atoms with Gasteiger partial charge in [-0.1, -0.05) is 19.1 Å². The number of rotatable bonds is 1. The molecule has 1 nitrogen and oxygen atoms in total. The smallest absolute Gasteiger partial charge is 0.0997 e. The largest absolute Gasteiger partial charge is 0.241 e. The maximum absolute atomic E-state index is 4.66. The molecule has 1 saturated carbocycles. The van der Waals surface area contributed by atoms with Crippen molar-refractivity contribution < 1.29 is 0 Å². The summed E-state index contributed by atoms with van der Waals surface area (Å²) in [6, 6.07) is 8.39. The maximum Gasteiger partial charge on any atom is 0.0997 e. The fraction of sp³-hybridized carbons (Fsp3) is 0.364. The van der Waals surface area contributed by atoms with Gasteiger partial charge in [-0.15, -0.1) is 11.3 Å². The van der Waals surface area contributed by atoms with Crippen LogP contribution in [0.1, 0.15) is 24.8 Å². The van der Waals surface area contributed by atoms with E-state index in [1.165, 1.54) is 22.5 Å². The summed E-state index contributed by atoms with van der Waals surface area (Å²) in [5.74, 6) is 0. The molecular formula is C11H11NS. The van der Waals surface area contributed by atoms with Crippen molar-refractivity contribution in [3.05, 3.63) is 29.3 Å². The van der Waals surface area contributed by atoms with Crippen molar-refractivity contribution >= 4 is 21.6 Å². The number of fused-ring (bicyclic) bond motifs is 1. The second kappa shape index (κ2) is 2.32. The molecule has 2 aromatic rings. The van der Waals surface area contributed by atoms with Gasteiger partial charge in [0.25, 0.3) is 0 Å². The molecule has 0 N–H and O–H groups in total. The standard InChI is InChI=1S/C11H11NS/c1-11(6-7-11)10-12-8-4-2-3-5-9(8)13-10/h2-5H,6-7H2,1H3. The van der Waals surface area contributed by atoms with Gasteiger partial charge < -0.3 is 0 Å². The van der Waals surface area contributed by atoms with E-state index in [0.29, 0.717) is 5.41 Å². The van der Waals surface area contributed by atoms with Gasteiger partial charge in [0.1, 0.15) is 0 Å². The van der Waals surface area contributed by atoms with Crippen LogP contribution in [0.3, 0.4) is 0 Å². The Balaban J connectivity index is 2.22. The normalized spacial score (nSPS) is 19.2. The second-order valence-electron chi connectivity index (χ2n) is 4.05. The van der Waals surface area contributed by atoms with E-state index in [2.05, 4.69) is 36.2 Å². The molecule has 0 amide bonds. The zero-order valence-electron chi connectivity index (χ0n) is 7.58. The van der Waals surface area contributed by atoms with Crippen molar-refractivity contribution in [1.29, 1.82) is 0 Å². The molecule has 0 atom stereocenters. The molecule has 0 bridgehead atoms.